The number of aliphatic hydroxyl groups excluding tert-OH is 2. The summed E-state index contributed by atoms with van der Waals surface area (Å²) in [7, 11) is 0. The summed E-state index contributed by atoms with van der Waals surface area (Å²) in [4.78, 5) is 12.1. The van der Waals surface area contributed by atoms with Gasteiger partial charge in [0.1, 0.15) is 11.6 Å². The van der Waals surface area contributed by atoms with Crippen molar-refractivity contribution in [3.8, 4) is 0 Å². The van der Waals surface area contributed by atoms with Gasteiger partial charge in [-0.15, -0.1) is 0 Å². The van der Waals surface area contributed by atoms with Crippen LogP contribution >= 0.6 is 0 Å². The zero-order valence-corrected chi connectivity index (χ0v) is 30.4. The Bertz CT molecular complexity index is 1170. The van der Waals surface area contributed by atoms with E-state index in [1.807, 2.05) is 6.07 Å². The number of carbonyl (C=O) groups is 1. The van der Waals surface area contributed by atoms with Crippen LogP contribution in [0, 0.1) is 41.3 Å². The number of ether oxygens (including phenoxy) is 2. The van der Waals surface area contributed by atoms with Crippen LogP contribution in [0.5, 0.6) is 0 Å². The molecule has 3 saturated carbocycles. The van der Waals surface area contributed by atoms with Crippen LogP contribution in [-0.4, -0.2) is 42.6 Å². The molecule has 0 aliphatic heterocycles. The lowest BCUT2D eigenvalue weighted by Crippen LogP contribution is -2.31. The Morgan fingerprint density at radius 1 is 0.776 bits per heavy atom. The molecule has 3 fully saturated rings. The van der Waals surface area contributed by atoms with Gasteiger partial charge in [0, 0.05) is 5.57 Å². The molecule has 0 amide bonds. The quantitative estimate of drug-likeness (QED) is 0.0500. The fourth-order valence-corrected chi connectivity index (χ4v) is 9.29. The minimum Gasteiger partial charge on any atom is -0.494 e. The van der Waals surface area contributed by atoms with Crippen molar-refractivity contribution < 1.29 is 28.9 Å². The van der Waals surface area contributed by atoms with Crippen molar-refractivity contribution in [2.24, 2.45) is 35.5 Å². The summed E-state index contributed by atoms with van der Waals surface area (Å²) in [5, 5.41) is 18.5. The van der Waals surface area contributed by atoms with E-state index in [2.05, 4.69) is 38.8 Å². The normalized spacial score (nSPS) is 26.4. The lowest BCUT2D eigenvalue weighted by Gasteiger charge is -2.42. The summed E-state index contributed by atoms with van der Waals surface area (Å²) in [5.74, 6) is 4.68. The SMILES string of the molecule is C=C(CO)C(=C)OCCC(CCOC(=O)C(=C)CO)C1CCC(C2CCC(C3CCC(c4ccc(CCCCC)c(F)c4)CC3)CC2)CC1. The molecule has 49 heavy (non-hydrogen) atoms. The van der Waals surface area contributed by atoms with E-state index in [4.69, 9.17) is 9.47 Å². The summed E-state index contributed by atoms with van der Waals surface area (Å²) >= 11 is 0. The average molecular weight is 681 g/mol. The Balaban J connectivity index is 1.19. The fraction of sp³-hybridized carbons (Fsp3) is 0.698. The monoisotopic (exact) mass is 680 g/mol. The number of halogens is 1. The third kappa shape index (κ3) is 11.8. The van der Waals surface area contributed by atoms with E-state index >= 15 is 0 Å². The molecule has 274 valence electrons. The van der Waals surface area contributed by atoms with Crippen LogP contribution in [0.1, 0.15) is 133 Å². The maximum Gasteiger partial charge on any atom is 0.335 e. The van der Waals surface area contributed by atoms with Crippen LogP contribution in [0.4, 0.5) is 4.39 Å². The molecule has 1 aromatic carbocycles. The van der Waals surface area contributed by atoms with Gasteiger partial charge in [-0.25, -0.2) is 9.18 Å². The van der Waals surface area contributed by atoms with Gasteiger partial charge in [0.25, 0.3) is 0 Å². The summed E-state index contributed by atoms with van der Waals surface area (Å²) in [6.45, 7) is 13.7. The average Bonchev–Trinajstić information content (AvgIpc) is 3.14. The highest BCUT2D eigenvalue weighted by Crippen LogP contribution is 2.48. The molecular weight excluding hydrogens is 615 g/mol. The first kappa shape index (κ1) is 39.3. The smallest absolute Gasteiger partial charge is 0.335 e. The highest BCUT2D eigenvalue weighted by Gasteiger charge is 2.36. The maximum absolute atomic E-state index is 14.8. The number of hydrogen-bond acceptors (Lipinski definition) is 5. The molecule has 0 saturated heterocycles. The molecule has 1 unspecified atom stereocenters. The topological polar surface area (TPSA) is 76.0 Å². The number of aliphatic hydroxyl groups is 2. The predicted octanol–water partition coefficient (Wildman–Crippen LogP) is 10.0. The van der Waals surface area contributed by atoms with Gasteiger partial charge in [-0.1, -0.05) is 51.6 Å². The van der Waals surface area contributed by atoms with Crippen LogP contribution in [0.15, 0.2) is 54.8 Å². The Labute approximate surface area is 296 Å². The largest absolute Gasteiger partial charge is 0.494 e. The third-order valence-corrected chi connectivity index (χ3v) is 12.6. The zero-order chi connectivity index (χ0) is 35.2. The van der Waals surface area contributed by atoms with E-state index in [9.17, 15) is 19.4 Å². The van der Waals surface area contributed by atoms with Crippen LogP contribution in [-0.2, 0) is 20.7 Å². The van der Waals surface area contributed by atoms with Gasteiger partial charge in [-0.05, 0) is 161 Å². The van der Waals surface area contributed by atoms with Crippen LogP contribution < -0.4 is 0 Å². The third-order valence-electron chi connectivity index (χ3n) is 12.6. The number of benzene rings is 1. The number of hydrogen-bond donors (Lipinski definition) is 2. The van der Waals surface area contributed by atoms with Gasteiger partial charge in [0.05, 0.1) is 32.0 Å². The van der Waals surface area contributed by atoms with Crippen LogP contribution in [0.25, 0.3) is 0 Å². The maximum atomic E-state index is 14.8. The second kappa shape index (κ2) is 20.4. The number of carbonyl (C=O) groups excluding carboxylic acids is 1. The van der Waals surface area contributed by atoms with Crippen LogP contribution in [0.2, 0.25) is 0 Å². The van der Waals surface area contributed by atoms with Gasteiger partial charge in [-0.3, -0.25) is 0 Å². The number of aryl methyl sites for hydroxylation is 1. The van der Waals surface area contributed by atoms with Crippen molar-refractivity contribution in [3.63, 3.8) is 0 Å². The number of rotatable bonds is 19. The lowest BCUT2D eigenvalue weighted by molar-refractivity contribution is -0.140. The summed E-state index contributed by atoms with van der Waals surface area (Å²) < 4.78 is 26.0. The van der Waals surface area contributed by atoms with E-state index in [-0.39, 0.29) is 18.0 Å². The molecule has 5 nitrogen and oxygen atoms in total. The van der Waals surface area contributed by atoms with Gasteiger partial charge in [0.15, 0.2) is 0 Å². The fourth-order valence-electron chi connectivity index (χ4n) is 9.29. The van der Waals surface area contributed by atoms with Crippen molar-refractivity contribution in [3.05, 3.63) is 71.8 Å². The van der Waals surface area contributed by atoms with Gasteiger partial charge in [-0.2, -0.15) is 0 Å². The zero-order valence-electron chi connectivity index (χ0n) is 30.4. The molecule has 0 radical (unpaired) electrons. The minimum atomic E-state index is -0.532. The molecule has 4 rings (SSSR count). The van der Waals surface area contributed by atoms with E-state index in [0.29, 0.717) is 42.3 Å². The molecule has 1 aromatic rings. The van der Waals surface area contributed by atoms with Crippen molar-refractivity contribution >= 4 is 5.97 Å². The van der Waals surface area contributed by atoms with Crippen molar-refractivity contribution in [2.45, 2.75) is 128 Å². The molecular formula is C43H65FO5. The molecule has 1 atom stereocenters. The second-order valence-electron chi connectivity index (χ2n) is 15.5. The first-order valence-electron chi connectivity index (χ1n) is 19.6. The van der Waals surface area contributed by atoms with Crippen molar-refractivity contribution in [2.75, 3.05) is 26.4 Å². The Kier molecular flexibility index (Phi) is 16.4. The molecule has 0 heterocycles. The molecule has 0 aromatic heterocycles. The van der Waals surface area contributed by atoms with E-state index in [0.717, 1.165) is 54.9 Å². The van der Waals surface area contributed by atoms with Gasteiger partial charge in [0.2, 0.25) is 0 Å². The lowest BCUT2D eigenvalue weighted by atomic mass is 9.63. The highest BCUT2D eigenvalue weighted by atomic mass is 19.1. The highest BCUT2D eigenvalue weighted by molar-refractivity contribution is 5.87. The standard InChI is InChI=1S/C43H65FO5/c1-5-6-7-8-40-21-22-41(27-42(40)44)38-19-17-36(18-20-38)34-11-9-33(10-12-34)35-13-15-37(16-14-35)39(23-25-48-32(4)30(2)28-45)24-26-49-43(47)31(3)29-46/h21-22,27,33-39,45-46H,2-20,23-26,28-29H2,1H3. The summed E-state index contributed by atoms with van der Waals surface area (Å²) in [5.41, 5.74) is 2.68. The van der Waals surface area contributed by atoms with Gasteiger partial charge < -0.3 is 19.7 Å². The second-order valence-corrected chi connectivity index (χ2v) is 15.5. The molecule has 2 N–H and O–H groups in total. The predicted molar refractivity (Wildman–Crippen MR) is 196 cm³/mol. The molecule has 0 bridgehead atoms. The Hall–Kier alpha value is -2.44. The summed E-state index contributed by atoms with van der Waals surface area (Å²) in [6, 6.07) is 6.12. The van der Waals surface area contributed by atoms with Crippen molar-refractivity contribution in [1.82, 2.24) is 0 Å². The first-order valence-corrected chi connectivity index (χ1v) is 19.6. The van der Waals surface area contributed by atoms with Crippen molar-refractivity contribution in [1.29, 1.82) is 0 Å². The van der Waals surface area contributed by atoms with E-state index in [1.165, 1.54) is 95.5 Å². The molecule has 0 spiro atoms. The Morgan fingerprint density at radius 2 is 1.31 bits per heavy atom. The minimum absolute atomic E-state index is 0.00567. The number of unbranched alkanes of at least 4 members (excludes halogenated alkanes) is 2. The van der Waals surface area contributed by atoms with Gasteiger partial charge >= 0.3 is 5.97 Å². The molecule has 6 heteroatoms. The molecule has 3 aliphatic rings. The number of esters is 1. The van der Waals surface area contributed by atoms with E-state index in [1.54, 1.807) is 0 Å². The van der Waals surface area contributed by atoms with Crippen LogP contribution in [0.3, 0.4) is 0 Å². The first-order chi connectivity index (χ1) is 23.7. The molecule has 3 aliphatic carbocycles. The van der Waals surface area contributed by atoms with E-state index < -0.39 is 12.6 Å². The summed E-state index contributed by atoms with van der Waals surface area (Å²) in [6.07, 6.45) is 21.2. The Morgan fingerprint density at radius 3 is 1.84 bits per heavy atom.